The molecule has 3 amide bonds. The highest BCUT2D eigenvalue weighted by Crippen LogP contribution is 2.07. The Morgan fingerprint density at radius 1 is 1.41 bits per heavy atom. The second-order valence-corrected chi connectivity index (χ2v) is 5.02. The van der Waals surface area contributed by atoms with Gasteiger partial charge < -0.3 is 24.4 Å². The standard InChI is InChI=1S/C14H24N4O4/c1-5-21-8-6-7-18(14(20)17(3)4)10-13(19)15-12-9-11(2)22-16-12/h9H,5-8,10H2,1-4H3,(H,15,16,19). The van der Waals surface area contributed by atoms with Crippen molar-refractivity contribution in [3.05, 3.63) is 11.8 Å². The zero-order valence-corrected chi connectivity index (χ0v) is 13.6. The Hall–Kier alpha value is -2.09. The number of aromatic nitrogens is 1. The monoisotopic (exact) mass is 312 g/mol. The van der Waals surface area contributed by atoms with Crippen LogP contribution < -0.4 is 5.32 Å². The summed E-state index contributed by atoms with van der Waals surface area (Å²) in [6.07, 6.45) is 0.670. The van der Waals surface area contributed by atoms with Gasteiger partial charge in [0.15, 0.2) is 5.82 Å². The predicted octanol–water partition coefficient (Wildman–Crippen LogP) is 1.33. The van der Waals surface area contributed by atoms with E-state index in [1.807, 2.05) is 6.92 Å². The lowest BCUT2D eigenvalue weighted by molar-refractivity contribution is -0.117. The second kappa shape index (κ2) is 9.04. The smallest absolute Gasteiger partial charge is 0.319 e. The van der Waals surface area contributed by atoms with Crippen molar-refractivity contribution < 1.29 is 18.8 Å². The molecular weight excluding hydrogens is 288 g/mol. The Labute approximate surface area is 130 Å². The van der Waals surface area contributed by atoms with Gasteiger partial charge in [-0.2, -0.15) is 0 Å². The summed E-state index contributed by atoms with van der Waals surface area (Å²) in [6, 6.07) is 1.40. The number of nitrogens with zero attached hydrogens (tertiary/aromatic N) is 3. The first-order valence-corrected chi connectivity index (χ1v) is 7.21. The Kier molecular flexibility index (Phi) is 7.38. The van der Waals surface area contributed by atoms with Crippen LogP contribution in [0.2, 0.25) is 0 Å². The number of rotatable bonds is 8. The molecule has 8 heteroatoms. The molecule has 0 aliphatic rings. The lowest BCUT2D eigenvalue weighted by Crippen LogP contribution is -2.44. The van der Waals surface area contributed by atoms with Gasteiger partial charge in [0.2, 0.25) is 5.91 Å². The summed E-state index contributed by atoms with van der Waals surface area (Å²) in [5, 5.41) is 6.29. The topological polar surface area (TPSA) is 87.9 Å². The molecule has 124 valence electrons. The number of nitrogens with one attached hydrogen (secondary N) is 1. The third-order valence-electron chi connectivity index (χ3n) is 2.80. The maximum Gasteiger partial charge on any atom is 0.319 e. The third kappa shape index (κ3) is 6.13. The van der Waals surface area contributed by atoms with Crippen LogP contribution in [-0.4, -0.2) is 67.3 Å². The Morgan fingerprint density at radius 2 is 2.14 bits per heavy atom. The van der Waals surface area contributed by atoms with Crippen LogP contribution in [0.4, 0.5) is 10.6 Å². The van der Waals surface area contributed by atoms with E-state index in [2.05, 4.69) is 10.5 Å². The van der Waals surface area contributed by atoms with E-state index in [1.165, 1.54) is 9.80 Å². The Bertz CT molecular complexity index is 487. The minimum atomic E-state index is -0.320. The van der Waals surface area contributed by atoms with Crippen molar-refractivity contribution in [1.29, 1.82) is 0 Å². The second-order valence-electron chi connectivity index (χ2n) is 5.02. The molecule has 0 aromatic carbocycles. The van der Waals surface area contributed by atoms with Crippen LogP contribution in [0, 0.1) is 6.92 Å². The van der Waals surface area contributed by atoms with Gasteiger partial charge in [-0.1, -0.05) is 5.16 Å². The zero-order valence-electron chi connectivity index (χ0n) is 13.6. The van der Waals surface area contributed by atoms with E-state index in [0.717, 1.165) is 0 Å². The molecule has 0 bridgehead atoms. The predicted molar refractivity (Wildman–Crippen MR) is 81.6 cm³/mol. The third-order valence-corrected chi connectivity index (χ3v) is 2.80. The molecule has 1 rings (SSSR count). The number of amides is 3. The van der Waals surface area contributed by atoms with E-state index in [-0.39, 0.29) is 18.5 Å². The van der Waals surface area contributed by atoms with E-state index in [1.54, 1.807) is 27.1 Å². The van der Waals surface area contributed by atoms with Crippen LogP contribution in [0.15, 0.2) is 10.6 Å². The van der Waals surface area contributed by atoms with E-state index in [9.17, 15) is 9.59 Å². The molecule has 0 aliphatic carbocycles. The SMILES string of the molecule is CCOCCCN(CC(=O)Nc1cc(C)on1)C(=O)N(C)C. The van der Waals surface area contributed by atoms with Crippen molar-refractivity contribution in [2.24, 2.45) is 0 Å². The minimum Gasteiger partial charge on any atom is -0.382 e. The van der Waals surface area contributed by atoms with Crippen molar-refractivity contribution in [3.63, 3.8) is 0 Å². The molecule has 0 saturated heterocycles. The molecule has 0 saturated carbocycles. The van der Waals surface area contributed by atoms with Crippen LogP contribution in [0.3, 0.4) is 0 Å². The molecule has 1 heterocycles. The van der Waals surface area contributed by atoms with Crippen LogP contribution in [0.1, 0.15) is 19.1 Å². The lowest BCUT2D eigenvalue weighted by atomic mass is 10.3. The van der Waals surface area contributed by atoms with Crippen LogP contribution in [-0.2, 0) is 9.53 Å². The highest BCUT2D eigenvalue weighted by atomic mass is 16.5. The van der Waals surface area contributed by atoms with Crippen LogP contribution in [0.5, 0.6) is 0 Å². The molecule has 22 heavy (non-hydrogen) atoms. The van der Waals surface area contributed by atoms with Crippen molar-refractivity contribution in [2.45, 2.75) is 20.3 Å². The van der Waals surface area contributed by atoms with Gasteiger partial charge in [0.25, 0.3) is 0 Å². The number of aryl methyl sites for hydroxylation is 1. The number of urea groups is 1. The molecule has 0 aliphatic heterocycles. The summed E-state index contributed by atoms with van der Waals surface area (Å²) < 4.78 is 10.1. The summed E-state index contributed by atoms with van der Waals surface area (Å²) in [7, 11) is 3.30. The fraction of sp³-hybridized carbons (Fsp3) is 0.643. The zero-order chi connectivity index (χ0) is 16.5. The van der Waals surface area contributed by atoms with Gasteiger partial charge in [-0.3, -0.25) is 4.79 Å². The number of carbonyl (C=O) groups is 2. The van der Waals surface area contributed by atoms with Crippen LogP contribution >= 0.6 is 0 Å². The fourth-order valence-corrected chi connectivity index (χ4v) is 1.81. The number of hydrogen-bond donors (Lipinski definition) is 1. The van der Waals surface area contributed by atoms with Gasteiger partial charge in [-0.15, -0.1) is 0 Å². The van der Waals surface area contributed by atoms with Crippen molar-refractivity contribution in [1.82, 2.24) is 15.0 Å². The highest BCUT2D eigenvalue weighted by Gasteiger charge is 2.19. The Morgan fingerprint density at radius 3 is 2.68 bits per heavy atom. The first-order valence-electron chi connectivity index (χ1n) is 7.21. The van der Waals surface area contributed by atoms with Gasteiger partial charge >= 0.3 is 6.03 Å². The van der Waals surface area contributed by atoms with Crippen LogP contribution in [0.25, 0.3) is 0 Å². The van der Waals surface area contributed by atoms with Crippen molar-refractivity contribution in [3.8, 4) is 0 Å². The molecule has 0 atom stereocenters. The maximum atomic E-state index is 12.1. The molecule has 0 fully saturated rings. The molecule has 1 aromatic rings. The minimum absolute atomic E-state index is 0.0466. The van der Waals surface area contributed by atoms with Crippen molar-refractivity contribution >= 4 is 17.8 Å². The first-order chi connectivity index (χ1) is 10.4. The maximum absolute atomic E-state index is 12.1. The number of hydrogen-bond acceptors (Lipinski definition) is 5. The first kappa shape index (κ1) is 18.0. The summed E-state index contributed by atoms with van der Waals surface area (Å²) in [4.78, 5) is 27.0. The molecular formula is C14H24N4O4. The summed E-state index contributed by atoms with van der Waals surface area (Å²) >= 11 is 0. The summed E-state index contributed by atoms with van der Waals surface area (Å²) in [6.45, 7) is 5.23. The van der Waals surface area contributed by atoms with E-state index in [4.69, 9.17) is 9.26 Å². The lowest BCUT2D eigenvalue weighted by Gasteiger charge is -2.25. The summed E-state index contributed by atoms with van der Waals surface area (Å²) in [5.41, 5.74) is 0. The highest BCUT2D eigenvalue weighted by molar-refractivity contribution is 5.93. The van der Waals surface area contributed by atoms with E-state index < -0.39 is 0 Å². The quantitative estimate of drug-likeness (QED) is 0.732. The molecule has 0 unspecified atom stereocenters. The van der Waals surface area contributed by atoms with Crippen molar-refractivity contribution in [2.75, 3.05) is 45.7 Å². The molecule has 1 N–H and O–H groups in total. The molecule has 8 nitrogen and oxygen atoms in total. The average Bonchev–Trinajstić information content (AvgIpc) is 2.86. The van der Waals surface area contributed by atoms with Gasteiger partial charge in [-0.05, 0) is 20.3 Å². The van der Waals surface area contributed by atoms with E-state index >= 15 is 0 Å². The average molecular weight is 312 g/mol. The number of ether oxygens (including phenoxy) is 1. The van der Waals surface area contributed by atoms with Gasteiger partial charge in [0, 0.05) is 39.9 Å². The summed E-state index contributed by atoms with van der Waals surface area (Å²) in [5.74, 6) is 0.627. The van der Waals surface area contributed by atoms with Gasteiger partial charge in [0.05, 0.1) is 0 Å². The molecule has 0 spiro atoms. The molecule has 0 radical (unpaired) electrons. The number of carbonyl (C=O) groups excluding carboxylic acids is 2. The normalized spacial score (nSPS) is 10.4. The van der Waals surface area contributed by atoms with E-state index in [0.29, 0.717) is 37.8 Å². The van der Waals surface area contributed by atoms with Gasteiger partial charge in [0.1, 0.15) is 12.3 Å². The Balaban J connectivity index is 2.54. The largest absolute Gasteiger partial charge is 0.382 e. The number of anilines is 1. The van der Waals surface area contributed by atoms with Gasteiger partial charge in [-0.25, -0.2) is 4.79 Å². The molecule has 1 aromatic heterocycles. The fourth-order valence-electron chi connectivity index (χ4n) is 1.81.